The number of hydrogen-bond acceptors (Lipinski definition) is 2. The van der Waals surface area contributed by atoms with Crippen molar-refractivity contribution in [3.63, 3.8) is 0 Å². The Hall–Kier alpha value is -1.61. The molecule has 1 atom stereocenters. The van der Waals surface area contributed by atoms with E-state index in [1.807, 2.05) is 26.4 Å². The van der Waals surface area contributed by atoms with Crippen LogP contribution in [0.1, 0.15) is 29.2 Å². The Kier molecular flexibility index (Phi) is 2.79. The normalized spacial score (nSPS) is 14.6. The van der Waals surface area contributed by atoms with E-state index in [9.17, 15) is 0 Å². The highest BCUT2D eigenvalue weighted by Crippen LogP contribution is 2.29. The van der Waals surface area contributed by atoms with E-state index in [2.05, 4.69) is 37.1 Å². The van der Waals surface area contributed by atoms with Crippen LogP contribution in [0.15, 0.2) is 30.6 Å². The molecular weight excluding hydrogens is 210 g/mol. The minimum atomic E-state index is -0.496. The van der Waals surface area contributed by atoms with Crippen molar-refractivity contribution in [2.75, 3.05) is 0 Å². The van der Waals surface area contributed by atoms with Crippen LogP contribution < -0.4 is 5.73 Å². The van der Waals surface area contributed by atoms with Crippen molar-refractivity contribution in [1.29, 1.82) is 0 Å². The van der Waals surface area contributed by atoms with Crippen molar-refractivity contribution < 1.29 is 0 Å². The zero-order valence-electron chi connectivity index (χ0n) is 10.9. The third-order valence-electron chi connectivity index (χ3n) is 3.26. The molecule has 0 bridgehead atoms. The van der Waals surface area contributed by atoms with E-state index >= 15 is 0 Å². The van der Waals surface area contributed by atoms with Gasteiger partial charge >= 0.3 is 0 Å². The summed E-state index contributed by atoms with van der Waals surface area (Å²) in [6.07, 6.45) is 3.81. The van der Waals surface area contributed by atoms with Crippen LogP contribution in [0.4, 0.5) is 0 Å². The molecule has 2 rings (SSSR count). The molecule has 0 radical (unpaired) electrons. The first kappa shape index (κ1) is 11.9. The topological polar surface area (TPSA) is 43.8 Å². The van der Waals surface area contributed by atoms with E-state index in [1.165, 1.54) is 11.1 Å². The summed E-state index contributed by atoms with van der Waals surface area (Å²) in [6.45, 7) is 6.21. The molecule has 2 aromatic rings. The maximum absolute atomic E-state index is 6.49. The number of hydrogen-bond donors (Lipinski definition) is 1. The van der Waals surface area contributed by atoms with Crippen LogP contribution in [0, 0.1) is 13.8 Å². The van der Waals surface area contributed by atoms with Crippen molar-refractivity contribution in [2.24, 2.45) is 12.8 Å². The summed E-state index contributed by atoms with van der Waals surface area (Å²) < 4.78 is 1.78. The average molecular weight is 229 g/mol. The van der Waals surface area contributed by atoms with Crippen LogP contribution >= 0.6 is 0 Å². The summed E-state index contributed by atoms with van der Waals surface area (Å²) in [7, 11) is 1.91. The van der Waals surface area contributed by atoms with Gasteiger partial charge in [0.05, 0.1) is 11.7 Å². The van der Waals surface area contributed by atoms with Gasteiger partial charge in [-0.3, -0.25) is 4.68 Å². The fourth-order valence-electron chi connectivity index (χ4n) is 2.14. The van der Waals surface area contributed by atoms with Crippen molar-refractivity contribution in [1.82, 2.24) is 9.78 Å². The van der Waals surface area contributed by atoms with Gasteiger partial charge in [-0.25, -0.2) is 0 Å². The molecule has 0 fully saturated rings. The van der Waals surface area contributed by atoms with Crippen molar-refractivity contribution in [2.45, 2.75) is 26.3 Å². The largest absolute Gasteiger partial charge is 0.318 e. The second kappa shape index (κ2) is 4.00. The quantitative estimate of drug-likeness (QED) is 0.858. The van der Waals surface area contributed by atoms with E-state index in [1.54, 1.807) is 4.68 Å². The van der Waals surface area contributed by atoms with E-state index in [4.69, 9.17) is 5.73 Å². The Balaban J connectivity index is 2.54. The van der Waals surface area contributed by atoms with E-state index in [-0.39, 0.29) is 0 Å². The summed E-state index contributed by atoms with van der Waals surface area (Å²) in [5, 5.41) is 4.20. The van der Waals surface area contributed by atoms with Crippen LogP contribution in [-0.2, 0) is 12.6 Å². The van der Waals surface area contributed by atoms with Gasteiger partial charge in [0.2, 0.25) is 0 Å². The average Bonchev–Trinajstić information content (AvgIpc) is 2.69. The van der Waals surface area contributed by atoms with Gasteiger partial charge in [-0.15, -0.1) is 0 Å². The highest BCUT2D eigenvalue weighted by molar-refractivity contribution is 5.41. The summed E-state index contributed by atoms with van der Waals surface area (Å²) in [4.78, 5) is 0. The van der Waals surface area contributed by atoms with Crippen molar-refractivity contribution in [3.05, 3.63) is 52.8 Å². The number of nitrogens with two attached hydrogens (primary N) is 1. The molecule has 17 heavy (non-hydrogen) atoms. The van der Waals surface area contributed by atoms with Gasteiger partial charge in [0.25, 0.3) is 0 Å². The molecule has 0 aliphatic rings. The maximum Gasteiger partial charge on any atom is 0.0670 e. The maximum atomic E-state index is 6.49. The fourth-order valence-corrected chi connectivity index (χ4v) is 2.14. The molecule has 2 N–H and O–H groups in total. The Labute approximate surface area is 102 Å². The lowest BCUT2D eigenvalue weighted by atomic mass is 9.84. The summed E-state index contributed by atoms with van der Waals surface area (Å²) >= 11 is 0. The van der Waals surface area contributed by atoms with Gasteiger partial charge in [0, 0.05) is 18.8 Å². The summed E-state index contributed by atoms with van der Waals surface area (Å²) in [5.74, 6) is 0. The lowest BCUT2D eigenvalue weighted by molar-refractivity contribution is 0.597. The molecule has 0 spiro atoms. The van der Waals surface area contributed by atoms with Crippen LogP contribution in [-0.4, -0.2) is 9.78 Å². The first-order valence-corrected chi connectivity index (χ1v) is 5.77. The second-order valence-electron chi connectivity index (χ2n) is 4.92. The third kappa shape index (κ3) is 2.11. The van der Waals surface area contributed by atoms with Gasteiger partial charge in [0.1, 0.15) is 0 Å². The zero-order valence-corrected chi connectivity index (χ0v) is 10.9. The molecule has 1 aromatic heterocycles. The van der Waals surface area contributed by atoms with Crippen LogP contribution in [0.3, 0.4) is 0 Å². The van der Waals surface area contributed by atoms with Crippen LogP contribution in [0.25, 0.3) is 0 Å². The monoisotopic (exact) mass is 229 g/mol. The van der Waals surface area contributed by atoms with Gasteiger partial charge < -0.3 is 5.73 Å². The molecule has 90 valence electrons. The molecule has 1 unspecified atom stereocenters. The molecule has 0 aliphatic carbocycles. The van der Waals surface area contributed by atoms with E-state index < -0.39 is 5.54 Å². The number of aryl methyl sites for hydroxylation is 3. The predicted octanol–water partition coefficient (Wildman–Crippen LogP) is 2.26. The minimum Gasteiger partial charge on any atom is -0.318 e. The lowest BCUT2D eigenvalue weighted by Gasteiger charge is -2.26. The molecule has 3 heteroatoms. The fraction of sp³-hybridized carbons (Fsp3) is 0.357. The molecule has 1 aromatic carbocycles. The van der Waals surface area contributed by atoms with Gasteiger partial charge in [-0.2, -0.15) is 5.10 Å². The Morgan fingerprint density at radius 1 is 1.29 bits per heavy atom. The number of benzene rings is 1. The lowest BCUT2D eigenvalue weighted by Crippen LogP contribution is -2.34. The summed E-state index contributed by atoms with van der Waals surface area (Å²) in [6, 6.07) is 6.38. The summed E-state index contributed by atoms with van der Waals surface area (Å²) in [5.41, 5.74) is 10.6. The van der Waals surface area contributed by atoms with Gasteiger partial charge in [-0.05, 0) is 31.9 Å². The highest BCUT2D eigenvalue weighted by Gasteiger charge is 2.26. The molecule has 0 aliphatic heterocycles. The smallest absolute Gasteiger partial charge is 0.0670 e. The predicted molar refractivity (Wildman–Crippen MR) is 69.8 cm³/mol. The molecule has 0 saturated heterocycles. The third-order valence-corrected chi connectivity index (χ3v) is 3.26. The molecular formula is C14H19N3. The van der Waals surface area contributed by atoms with E-state index in [0.717, 1.165) is 11.1 Å². The Morgan fingerprint density at radius 2 is 2.00 bits per heavy atom. The first-order chi connectivity index (χ1) is 7.91. The molecule has 3 nitrogen and oxygen atoms in total. The molecule has 1 heterocycles. The minimum absolute atomic E-state index is 0.496. The van der Waals surface area contributed by atoms with Gasteiger partial charge in [-0.1, -0.05) is 23.8 Å². The Morgan fingerprint density at radius 3 is 2.59 bits per heavy atom. The van der Waals surface area contributed by atoms with Crippen molar-refractivity contribution in [3.8, 4) is 0 Å². The van der Waals surface area contributed by atoms with Crippen LogP contribution in [0.2, 0.25) is 0 Å². The Bertz CT molecular complexity index is 538. The molecule has 0 amide bonds. The van der Waals surface area contributed by atoms with Crippen LogP contribution in [0.5, 0.6) is 0 Å². The number of aromatic nitrogens is 2. The van der Waals surface area contributed by atoms with Gasteiger partial charge in [0.15, 0.2) is 0 Å². The highest BCUT2D eigenvalue weighted by atomic mass is 15.2. The standard InChI is InChI=1S/C14H19N3/c1-10-5-6-11(2)13(7-10)14(3,15)12-8-16-17(4)9-12/h5-9H,15H2,1-4H3. The zero-order chi connectivity index (χ0) is 12.6. The first-order valence-electron chi connectivity index (χ1n) is 5.77. The second-order valence-corrected chi connectivity index (χ2v) is 4.92. The molecule has 0 saturated carbocycles. The number of nitrogens with zero attached hydrogens (tertiary/aromatic N) is 2. The van der Waals surface area contributed by atoms with Crippen molar-refractivity contribution >= 4 is 0 Å². The SMILES string of the molecule is Cc1ccc(C)c(C(C)(N)c2cnn(C)c2)c1. The van der Waals surface area contributed by atoms with E-state index in [0.29, 0.717) is 0 Å². The number of rotatable bonds is 2.